The minimum Gasteiger partial charge on any atom is -0.484 e. The average Bonchev–Trinajstić information content (AvgIpc) is 2.82. The Morgan fingerprint density at radius 2 is 1.64 bits per heavy atom. The highest BCUT2D eigenvalue weighted by atomic mass is 32.2. The Balaban J connectivity index is 1.51. The number of hydrogen-bond acceptors (Lipinski definition) is 5. The van der Waals surface area contributed by atoms with Crippen molar-refractivity contribution in [3.63, 3.8) is 0 Å². The third kappa shape index (κ3) is 6.48. The number of piperidine rings is 1. The Bertz CT molecular complexity index is 1030. The number of rotatable bonds is 9. The summed E-state index contributed by atoms with van der Waals surface area (Å²) in [5.74, 6) is 0.327. The van der Waals surface area contributed by atoms with Gasteiger partial charge in [-0.05, 0) is 83.1 Å². The van der Waals surface area contributed by atoms with Gasteiger partial charge in [0.2, 0.25) is 0 Å². The second-order valence-corrected chi connectivity index (χ2v) is 11.2. The number of aryl methyl sites for hydroxylation is 1. The van der Waals surface area contributed by atoms with Crippen molar-refractivity contribution in [3.05, 3.63) is 54.1 Å². The normalized spacial score (nSPS) is 15.2. The van der Waals surface area contributed by atoms with Crippen molar-refractivity contribution in [2.75, 3.05) is 37.6 Å². The van der Waals surface area contributed by atoms with Crippen LogP contribution in [-0.2, 0) is 14.8 Å². The summed E-state index contributed by atoms with van der Waals surface area (Å²) in [4.78, 5) is 15.0. The lowest BCUT2D eigenvalue weighted by Crippen LogP contribution is -2.53. The van der Waals surface area contributed by atoms with Gasteiger partial charge in [-0.2, -0.15) is 0 Å². The monoisotopic (exact) mass is 473 g/mol. The van der Waals surface area contributed by atoms with E-state index in [0.717, 1.165) is 18.7 Å². The molecule has 180 valence electrons. The van der Waals surface area contributed by atoms with E-state index in [0.29, 0.717) is 18.0 Å². The van der Waals surface area contributed by atoms with Gasteiger partial charge in [0.15, 0.2) is 6.61 Å². The van der Waals surface area contributed by atoms with E-state index in [9.17, 15) is 13.2 Å². The van der Waals surface area contributed by atoms with Gasteiger partial charge >= 0.3 is 0 Å². The average molecular weight is 474 g/mol. The van der Waals surface area contributed by atoms with E-state index in [1.807, 2.05) is 6.92 Å². The molecule has 1 fully saturated rings. The summed E-state index contributed by atoms with van der Waals surface area (Å²) in [6.45, 7) is 8.83. The quantitative estimate of drug-likeness (QED) is 0.602. The Kier molecular flexibility index (Phi) is 8.02. The predicted octanol–water partition coefficient (Wildman–Crippen LogP) is 3.58. The van der Waals surface area contributed by atoms with Crippen molar-refractivity contribution in [2.24, 2.45) is 0 Å². The lowest BCUT2D eigenvalue weighted by atomic mass is 9.98. The van der Waals surface area contributed by atoms with Gasteiger partial charge in [-0.15, -0.1) is 0 Å². The van der Waals surface area contributed by atoms with Crippen LogP contribution in [0.2, 0.25) is 0 Å². The van der Waals surface area contributed by atoms with Gasteiger partial charge < -0.3 is 10.1 Å². The van der Waals surface area contributed by atoms with E-state index in [1.165, 1.54) is 30.6 Å². The van der Waals surface area contributed by atoms with Crippen LogP contribution >= 0.6 is 0 Å². The lowest BCUT2D eigenvalue weighted by Gasteiger charge is -2.41. The molecule has 1 amide bonds. The first-order valence-corrected chi connectivity index (χ1v) is 12.8. The molecule has 8 heteroatoms. The van der Waals surface area contributed by atoms with Crippen LogP contribution in [0.15, 0.2) is 53.4 Å². The number of nitrogens with one attached hydrogen (secondary N) is 1. The zero-order valence-corrected chi connectivity index (χ0v) is 20.8. The SMILES string of the molecule is Cc1ccc(S(=O)(=O)N(C)c2ccc(OCC(=O)NCC(C)(C)N3CCCCC3)cc2)cc1. The van der Waals surface area contributed by atoms with E-state index in [2.05, 4.69) is 24.1 Å². The fourth-order valence-corrected chi connectivity index (χ4v) is 5.08. The smallest absolute Gasteiger partial charge is 0.264 e. The van der Waals surface area contributed by atoms with E-state index in [4.69, 9.17) is 4.74 Å². The van der Waals surface area contributed by atoms with Crippen LogP contribution in [-0.4, -0.2) is 58.1 Å². The topological polar surface area (TPSA) is 78.9 Å². The number of benzene rings is 2. The molecular formula is C25H35N3O4S. The minimum atomic E-state index is -3.65. The van der Waals surface area contributed by atoms with Crippen LogP contribution in [0.4, 0.5) is 5.69 Å². The zero-order valence-electron chi connectivity index (χ0n) is 20.0. The van der Waals surface area contributed by atoms with Crippen LogP contribution in [0.5, 0.6) is 5.75 Å². The Morgan fingerprint density at radius 3 is 2.24 bits per heavy atom. The van der Waals surface area contributed by atoms with Crippen molar-refractivity contribution < 1.29 is 17.9 Å². The standard InChI is InChI=1S/C25H35N3O4S/c1-20-8-14-23(15-9-20)33(30,31)27(4)21-10-12-22(13-11-21)32-18-24(29)26-19-25(2,3)28-16-6-5-7-17-28/h8-15H,5-7,16-19H2,1-4H3,(H,26,29). The van der Waals surface area contributed by atoms with Crippen LogP contribution in [0.1, 0.15) is 38.7 Å². The number of likely N-dealkylation sites (tertiary alicyclic amines) is 1. The van der Waals surface area contributed by atoms with Crippen LogP contribution in [0.25, 0.3) is 0 Å². The van der Waals surface area contributed by atoms with E-state index in [-0.39, 0.29) is 22.9 Å². The first-order valence-electron chi connectivity index (χ1n) is 11.4. The molecule has 0 bridgehead atoms. The number of hydrogen-bond donors (Lipinski definition) is 1. The van der Waals surface area contributed by atoms with Gasteiger partial charge in [0.25, 0.3) is 15.9 Å². The summed E-state index contributed by atoms with van der Waals surface area (Å²) < 4.78 is 32.5. The van der Waals surface area contributed by atoms with E-state index in [1.54, 1.807) is 48.5 Å². The maximum Gasteiger partial charge on any atom is 0.264 e. The first-order chi connectivity index (χ1) is 15.6. The molecule has 0 spiro atoms. The van der Waals surface area contributed by atoms with Gasteiger partial charge in [0.05, 0.1) is 10.6 Å². The summed E-state index contributed by atoms with van der Waals surface area (Å²) in [6.07, 6.45) is 3.69. The number of nitrogens with zero attached hydrogens (tertiary/aromatic N) is 2. The molecule has 1 saturated heterocycles. The number of anilines is 1. The van der Waals surface area contributed by atoms with Crippen molar-refractivity contribution in [1.82, 2.24) is 10.2 Å². The molecule has 1 aliphatic heterocycles. The number of sulfonamides is 1. The third-order valence-corrected chi connectivity index (χ3v) is 7.98. The Morgan fingerprint density at radius 1 is 1.03 bits per heavy atom. The highest BCUT2D eigenvalue weighted by molar-refractivity contribution is 7.92. The summed E-state index contributed by atoms with van der Waals surface area (Å²) >= 11 is 0. The lowest BCUT2D eigenvalue weighted by molar-refractivity contribution is -0.123. The van der Waals surface area contributed by atoms with Crippen molar-refractivity contribution in [2.45, 2.75) is 50.5 Å². The fourth-order valence-electron chi connectivity index (χ4n) is 3.89. The molecular weight excluding hydrogens is 438 g/mol. The van der Waals surface area contributed by atoms with Crippen molar-refractivity contribution in [3.8, 4) is 5.75 Å². The van der Waals surface area contributed by atoms with Gasteiger partial charge in [0, 0.05) is 19.1 Å². The van der Waals surface area contributed by atoms with Crippen LogP contribution in [0, 0.1) is 6.92 Å². The molecule has 0 radical (unpaired) electrons. The van der Waals surface area contributed by atoms with Gasteiger partial charge in [-0.25, -0.2) is 8.42 Å². The second-order valence-electron chi connectivity index (χ2n) is 9.21. The number of ether oxygens (including phenoxy) is 1. The zero-order chi connectivity index (χ0) is 24.1. The molecule has 0 aliphatic carbocycles. The maximum atomic E-state index is 12.8. The summed E-state index contributed by atoms with van der Waals surface area (Å²) in [7, 11) is -2.14. The number of carbonyl (C=O) groups excluding carboxylic acids is 1. The highest BCUT2D eigenvalue weighted by Crippen LogP contribution is 2.25. The largest absolute Gasteiger partial charge is 0.484 e. The highest BCUT2D eigenvalue weighted by Gasteiger charge is 2.28. The molecule has 1 aliphatic rings. The maximum absolute atomic E-state index is 12.8. The van der Waals surface area contributed by atoms with Gasteiger partial charge in [-0.3, -0.25) is 14.0 Å². The number of amides is 1. The van der Waals surface area contributed by atoms with Crippen molar-refractivity contribution >= 4 is 21.6 Å². The van der Waals surface area contributed by atoms with Crippen LogP contribution < -0.4 is 14.4 Å². The number of carbonyl (C=O) groups is 1. The van der Waals surface area contributed by atoms with E-state index < -0.39 is 10.0 Å². The fraction of sp³-hybridized carbons (Fsp3) is 0.480. The van der Waals surface area contributed by atoms with Gasteiger partial charge in [-0.1, -0.05) is 24.1 Å². The summed E-state index contributed by atoms with van der Waals surface area (Å²) in [5.41, 5.74) is 1.42. The minimum absolute atomic E-state index is 0.0903. The van der Waals surface area contributed by atoms with Crippen molar-refractivity contribution in [1.29, 1.82) is 0 Å². The first kappa shape index (κ1) is 25.1. The molecule has 7 nitrogen and oxygen atoms in total. The molecule has 0 aromatic heterocycles. The molecule has 3 rings (SSSR count). The summed E-state index contributed by atoms with van der Waals surface area (Å²) in [6, 6.07) is 13.4. The molecule has 2 aromatic rings. The molecule has 0 atom stereocenters. The third-order valence-electron chi connectivity index (χ3n) is 6.18. The molecule has 1 N–H and O–H groups in total. The molecule has 0 saturated carbocycles. The molecule has 1 heterocycles. The van der Waals surface area contributed by atoms with Crippen LogP contribution in [0.3, 0.4) is 0 Å². The molecule has 33 heavy (non-hydrogen) atoms. The molecule has 2 aromatic carbocycles. The van der Waals surface area contributed by atoms with Gasteiger partial charge in [0.1, 0.15) is 5.75 Å². The van der Waals surface area contributed by atoms with E-state index >= 15 is 0 Å². The predicted molar refractivity (Wildman–Crippen MR) is 131 cm³/mol. The second kappa shape index (κ2) is 10.6. The molecule has 0 unspecified atom stereocenters. The Labute approximate surface area is 197 Å². The Hall–Kier alpha value is -2.58. The summed E-state index contributed by atoms with van der Waals surface area (Å²) in [5, 5.41) is 2.97.